The van der Waals surface area contributed by atoms with Gasteiger partial charge in [-0.3, -0.25) is 9.48 Å². The summed E-state index contributed by atoms with van der Waals surface area (Å²) in [7, 11) is -1.64. The Morgan fingerprint density at radius 3 is 2.62 bits per heavy atom. The van der Waals surface area contributed by atoms with E-state index in [4.69, 9.17) is 4.74 Å². The van der Waals surface area contributed by atoms with Crippen LogP contribution >= 0.6 is 0 Å². The van der Waals surface area contributed by atoms with Crippen molar-refractivity contribution in [1.82, 2.24) is 9.78 Å². The van der Waals surface area contributed by atoms with Crippen LogP contribution in [-0.4, -0.2) is 54.7 Å². The summed E-state index contributed by atoms with van der Waals surface area (Å²) in [5, 5.41) is 15.1. The molecule has 5 rings (SSSR count). The molecule has 0 spiro atoms. The molecular formula is C26H40N2O5S. The van der Waals surface area contributed by atoms with Gasteiger partial charge in [-0.1, -0.05) is 6.92 Å². The molecular weight excluding hydrogens is 452 g/mol. The molecule has 1 aromatic heterocycles. The van der Waals surface area contributed by atoms with Crippen LogP contribution in [0.2, 0.25) is 0 Å². The zero-order chi connectivity index (χ0) is 24.3. The Hall–Kier alpha value is -1.25. The fraction of sp³-hybridized carbons (Fsp3) is 0.846. The van der Waals surface area contributed by atoms with Crippen molar-refractivity contribution in [3.05, 3.63) is 12.4 Å². The van der Waals surface area contributed by atoms with Crippen molar-refractivity contribution >= 4 is 15.6 Å². The number of aromatic nitrogens is 2. The van der Waals surface area contributed by atoms with Crippen molar-refractivity contribution in [3.63, 3.8) is 0 Å². The fourth-order valence-electron chi connectivity index (χ4n) is 8.78. The summed E-state index contributed by atoms with van der Waals surface area (Å²) in [6.45, 7) is 2.94. The number of methoxy groups -OCH3 is 1. The molecule has 4 aliphatic rings. The first-order valence-electron chi connectivity index (χ1n) is 13.0. The molecule has 1 aromatic rings. The van der Waals surface area contributed by atoms with Crippen LogP contribution in [0.4, 0.5) is 0 Å². The van der Waals surface area contributed by atoms with Crippen molar-refractivity contribution in [2.24, 2.45) is 40.9 Å². The molecule has 0 bridgehead atoms. The number of Topliss-reactive ketones (excluding diaryl/α,β-unsaturated/α-hetero) is 1. The van der Waals surface area contributed by atoms with Crippen LogP contribution in [0.15, 0.2) is 17.3 Å². The van der Waals surface area contributed by atoms with Crippen LogP contribution in [-0.2, 0) is 25.9 Å². The molecule has 8 atom stereocenters. The lowest BCUT2D eigenvalue weighted by Gasteiger charge is -2.57. The second kappa shape index (κ2) is 8.70. The van der Waals surface area contributed by atoms with Crippen molar-refractivity contribution < 1.29 is 23.1 Å². The number of hydrogen-bond acceptors (Lipinski definition) is 6. The summed E-state index contributed by atoms with van der Waals surface area (Å²) < 4.78 is 30.4. The Bertz CT molecular complexity index is 1040. The SMILES string of the molecule is COCC1(O)CCC2C(CCC3C2CCC2(C)C(C(=O)Cn4cc(S(C)(=O)=O)cn4)CCC32)C1. The van der Waals surface area contributed by atoms with Crippen molar-refractivity contribution in [3.8, 4) is 0 Å². The third-order valence-electron chi connectivity index (χ3n) is 10.3. The van der Waals surface area contributed by atoms with Crippen LogP contribution in [0, 0.1) is 40.9 Å². The number of carbonyl (C=O) groups excluding carboxylic acids is 1. The molecule has 1 heterocycles. The van der Waals surface area contributed by atoms with Crippen LogP contribution < -0.4 is 0 Å². The topological polar surface area (TPSA) is 98.5 Å². The van der Waals surface area contributed by atoms with E-state index >= 15 is 0 Å². The number of ketones is 1. The Labute approximate surface area is 203 Å². The third-order valence-corrected chi connectivity index (χ3v) is 11.3. The zero-order valence-electron chi connectivity index (χ0n) is 20.8. The van der Waals surface area contributed by atoms with Gasteiger partial charge in [0.05, 0.1) is 24.9 Å². The number of aliphatic hydroxyl groups is 1. The summed E-state index contributed by atoms with van der Waals surface area (Å²) >= 11 is 0. The molecule has 0 saturated heterocycles. The predicted molar refractivity (Wildman–Crippen MR) is 128 cm³/mol. The highest BCUT2D eigenvalue weighted by Gasteiger charge is 2.59. The van der Waals surface area contributed by atoms with Crippen LogP contribution in [0.1, 0.15) is 64.7 Å². The van der Waals surface area contributed by atoms with E-state index in [1.807, 2.05) is 0 Å². The zero-order valence-corrected chi connectivity index (χ0v) is 21.6. The Balaban J connectivity index is 1.27. The van der Waals surface area contributed by atoms with Crippen molar-refractivity contribution in [2.45, 2.75) is 81.8 Å². The first kappa shape index (κ1) is 24.4. The van der Waals surface area contributed by atoms with Gasteiger partial charge < -0.3 is 9.84 Å². The molecule has 4 saturated carbocycles. The minimum atomic E-state index is -3.32. The second-order valence-electron chi connectivity index (χ2n) is 12.1. The normalized spacial score (nSPS) is 42.0. The van der Waals surface area contributed by atoms with E-state index < -0.39 is 15.4 Å². The van der Waals surface area contributed by atoms with Gasteiger partial charge >= 0.3 is 0 Å². The maximum Gasteiger partial charge on any atom is 0.178 e. The van der Waals surface area contributed by atoms with E-state index in [0.717, 1.165) is 50.7 Å². The van der Waals surface area contributed by atoms with Gasteiger partial charge in [-0.25, -0.2) is 8.42 Å². The van der Waals surface area contributed by atoms with Gasteiger partial charge in [0.1, 0.15) is 4.90 Å². The molecule has 0 amide bonds. The molecule has 0 aromatic carbocycles. The average Bonchev–Trinajstić information content (AvgIpc) is 3.37. The number of hydrogen-bond donors (Lipinski definition) is 1. The summed E-state index contributed by atoms with van der Waals surface area (Å²) in [5.74, 6) is 3.53. The smallest absolute Gasteiger partial charge is 0.178 e. The van der Waals surface area contributed by atoms with E-state index in [9.17, 15) is 18.3 Å². The largest absolute Gasteiger partial charge is 0.387 e. The molecule has 7 nitrogen and oxygen atoms in total. The maximum atomic E-state index is 13.4. The van der Waals surface area contributed by atoms with Crippen molar-refractivity contribution in [1.29, 1.82) is 0 Å². The van der Waals surface area contributed by atoms with E-state index in [-0.39, 0.29) is 28.6 Å². The molecule has 4 fully saturated rings. The van der Waals surface area contributed by atoms with E-state index in [2.05, 4.69) is 12.0 Å². The first-order chi connectivity index (χ1) is 16.0. The van der Waals surface area contributed by atoms with E-state index in [0.29, 0.717) is 30.3 Å². The Morgan fingerprint density at radius 1 is 1.15 bits per heavy atom. The molecule has 1 N–H and O–H groups in total. The van der Waals surface area contributed by atoms with Gasteiger partial charge in [0.25, 0.3) is 0 Å². The number of sulfone groups is 1. The highest BCUT2D eigenvalue weighted by atomic mass is 32.2. The lowest BCUT2D eigenvalue weighted by Crippen LogP contribution is -2.52. The number of rotatable bonds is 6. The Morgan fingerprint density at radius 2 is 1.91 bits per heavy atom. The van der Waals surface area contributed by atoms with Gasteiger partial charge in [-0.2, -0.15) is 5.10 Å². The number of fused-ring (bicyclic) bond motifs is 5. The fourth-order valence-corrected chi connectivity index (χ4v) is 9.34. The van der Waals surface area contributed by atoms with Gasteiger partial charge in [-0.15, -0.1) is 0 Å². The van der Waals surface area contributed by atoms with Gasteiger partial charge in [0, 0.05) is 25.5 Å². The maximum absolute atomic E-state index is 13.4. The molecule has 4 aliphatic carbocycles. The lowest BCUT2D eigenvalue weighted by atomic mass is 9.49. The molecule has 0 aliphatic heterocycles. The van der Waals surface area contributed by atoms with Crippen molar-refractivity contribution in [2.75, 3.05) is 20.0 Å². The number of ether oxygens (including phenoxy) is 1. The minimum Gasteiger partial charge on any atom is -0.387 e. The van der Waals surface area contributed by atoms with Crippen LogP contribution in [0.3, 0.4) is 0 Å². The summed E-state index contributed by atoms with van der Waals surface area (Å²) in [5.41, 5.74) is -0.621. The first-order valence-corrected chi connectivity index (χ1v) is 14.9. The number of nitrogens with zero attached hydrogens (tertiary/aromatic N) is 2. The molecule has 8 unspecified atom stereocenters. The van der Waals surface area contributed by atoms with Gasteiger partial charge in [0.15, 0.2) is 15.6 Å². The summed E-state index contributed by atoms with van der Waals surface area (Å²) in [4.78, 5) is 13.6. The monoisotopic (exact) mass is 492 g/mol. The number of carbonyl (C=O) groups is 1. The second-order valence-corrected chi connectivity index (χ2v) is 14.1. The average molecular weight is 493 g/mol. The third kappa shape index (κ3) is 4.17. The summed E-state index contributed by atoms with van der Waals surface area (Å²) in [6, 6.07) is 0. The van der Waals surface area contributed by atoms with Gasteiger partial charge in [-0.05, 0) is 92.8 Å². The minimum absolute atomic E-state index is 0.0280. The summed E-state index contributed by atoms with van der Waals surface area (Å²) in [6.07, 6.45) is 13.5. The predicted octanol–water partition coefficient (Wildman–Crippen LogP) is 3.50. The molecule has 34 heavy (non-hydrogen) atoms. The van der Waals surface area contributed by atoms with Crippen LogP contribution in [0.5, 0.6) is 0 Å². The van der Waals surface area contributed by atoms with E-state index in [1.54, 1.807) is 7.11 Å². The standard InChI is InChI=1S/C26H40N2O5S/c1-25-10-8-20-19-9-11-26(30,16-33-2)12-17(19)4-5-21(20)22(25)6-7-23(25)24(29)15-28-14-18(13-27-28)34(3,31)32/h13-14,17,19-23,30H,4-12,15-16H2,1-3H3. The quantitative estimate of drug-likeness (QED) is 0.653. The Kier molecular flexibility index (Phi) is 6.25. The van der Waals surface area contributed by atoms with Gasteiger partial charge in [0.2, 0.25) is 0 Å². The lowest BCUT2D eigenvalue weighted by molar-refractivity contribution is -0.136. The van der Waals surface area contributed by atoms with Crippen LogP contribution in [0.25, 0.3) is 0 Å². The molecule has 190 valence electrons. The highest BCUT2D eigenvalue weighted by molar-refractivity contribution is 7.90. The van der Waals surface area contributed by atoms with E-state index in [1.165, 1.54) is 36.3 Å². The highest BCUT2D eigenvalue weighted by Crippen LogP contribution is 2.64. The molecule has 8 heteroatoms. The molecule has 0 radical (unpaired) electrons.